The van der Waals surface area contributed by atoms with E-state index in [-0.39, 0.29) is 5.69 Å². The van der Waals surface area contributed by atoms with Crippen LogP contribution in [0.15, 0.2) is 30.3 Å². The van der Waals surface area contributed by atoms with Gasteiger partial charge >= 0.3 is 12.1 Å². The summed E-state index contributed by atoms with van der Waals surface area (Å²) in [5.74, 6) is -1.84. The van der Waals surface area contributed by atoms with Gasteiger partial charge in [0.15, 0.2) is 0 Å². The Labute approximate surface area is 103 Å². The Morgan fingerprint density at radius 2 is 1.83 bits per heavy atom. The first-order valence-electron chi connectivity index (χ1n) is 5.43. The molecule has 1 heterocycles. The SMILES string of the molecule is CC1(C)C=Cc2ccccc2N1C(=O)C(F)(F)F. The van der Waals surface area contributed by atoms with Crippen LogP contribution in [0.4, 0.5) is 18.9 Å². The van der Waals surface area contributed by atoms with Crippen LogP contribution in [0.1, 0.15) is 19.4 Å². The second kappa shape index (κ2) is 3.86. The van der Waals surface area contributed by atoms with Gasteiger partial charge in [-0.15, -0.1) is 0 Å². The molecule has 0 radical (unpaired) electrons. The Kier molecular flexibility index (Phi) is 2.72. The first kappa shape index (κ1) is 12.7. The minimum absolute atomic E-state index is 0.285. The molecule has 18 heavy (non-hydrogen) atoms. The normalized spacial score (nSPS) is 17.5. The molecule has 5 heteroatoms. The quantitative estimate of drug-likeness (QED) is 0.696. The number of rotatable bonds is 0. The highest BCUT2D eigenvalue weighted by Gasteiger charge is 2.48. The molecule has 1 aliphatic heterocycles. The number of nitrogens with zero attached hydrogens (tertiary/aromatic N) is 1. The van der Waals surface area contributed by atoms with Gasteiger partial charge in [-0.3, -0.25) is 9.69 Å². The summed E-state index contributed by atoms with van der Waals surface area (Å²) in [6.07, 6.45) is -1.55. The fourth-order valence-electron chi connectivity index (χ4n) is 2.01. The van der Waals surface area contributed by atoms with E-state index in [1.807, 2.05) is 0 Å². The smallest absolute Gasteiger partial charge is 0.295 e. The van der Waals surface area contributed by atoms with Crippen LogP contribution in [-0.4, -0.2) is 17.6 Å². The van der Waals surface area contributed by atoms with Gasteiger partial charge < -0.3 is 0 Å². The van der Waals surface area contributed by atoms with E-state index < -0.39 is 17.6 Å². The van der Waals surface area contributed by atoms with Crippen LogP contribution in [0.3, 0.4) is 0 Å². The minimum atomic E-state index is -4.88. The van der Waals surface area contributed by atoms with Gasteiger partial charge in [-0.25, -0.2) is 0 Å². The molecule has 96 valence electrons. The van der Waals surface area contributed by atoms with Crippen molar-refractivity contribution in [2.24, 2.45) is 0 Å². The molecule has 0 spiro atoms. The lowest BCUT2D eigenvalue weighted by Crippen LogP contribution is -2.53. The number of anilines is 1. The van der Waals surface area contributed by atoms with Crippen molar-refractivity contribution in [3.63, 3.8) is 0 Å². The summed E-state index contributed by atoms with van der Waals surface area (Å²) >= 11 is 0. The number of amides is 1. The summed E-state index contributed by atoms with van der Waals surface area (Å²) in [4.78, 5) is 12.4. The number of carbonyl (C=O) groups excluding carboxylic acids is 1. The molecule has 0 unspecified atom stereocenters. The number of benzene rings is 1. The molecule has 2 nitrogen and oxygen atoms in total. The van der Waals surface area contributed by atoms with Gasteiger partial charge in [-0.2, -0.15) is 13.2 Å². The number of para-hydroxylation sites is 1. The van der Waals surface area contributed by atoms with Crippen LogP contribution in [0.25, 0.3) is 6.08 Å². The van der Waals surface area contributed by atoms with Crippen molar-refractivity contribution in [1.29, 1.82) is 0 Å². The molecule has 0 fully saturated rings. The first-order valence-corrected chi connectivity index (χ1v) is 5.43. The zero-order valence-electron chi connectivity index (χ0n) is 9.95. The number of fused-ring (bicyclic) bond motifs is 1. The molecular weight excluding hydrogens is 243 g/mol. The third kappa shape index (κ3) is 2.00. The number of halogens is 3. The zero-order valence-corrected chi connectivity index (χ0v) is 9.95. The molecular formula is C13H12F3NO. The van der Waals surface area contributed by atoms with E-state index in [1.54, 1.807) is 44.2 Å². The highest BCUT2D eigenvalue weighted by Crippen LogP contribution is 2.37. The molecule has 0 aliphatic carbocycles. The molecule has 1 aromatic carbocycles. The fourth-order valence-corrected chi connectivity index (χ4v) is 2.01. The van der Waals surface area contributed by atoms with Crippen LogP contribution in [0, 0.1) is 0 Å². The Morgan fingerprint density at radius 3 is 2.44 bits per heavy atom. The van der Waals surface area contributed by atoms with Crippen molar-refractivity contribution in [3.8, 4) is 0 Å². The number of carbonyl (C=O) groups is 1. The molecule has 0 atom stereocenters. The summed E-state index contributed by atoms with van der Waals surface area (Å²) in [5.41, 5.74) is -0.109. The summed E-state index contributed by atoms with van der Waals surface area (Å²) < 4.78 is 38.0. The maximum atomic E-state index is 12.7. The summed E-state index contributed by atoms with van der Waals surface area (Å²) in [7, 11) is 0. The molecule has 1 aliphatic rings. The monoisotopic (exact) mass is 255 g/mol. The molecule has 0 saturated heterocycles. The first-order chi connectivity index (χ1) is 8.23. The van der Waals surface area contributed by atoms with E-state index >= 15 is 0 Å². The Balaban J connectivity index is 2.56. The molecule has 0 aromatic heterocycles. The molecule has 1 aromatic rings. The van der Waals surface area contributed by atoms with Crippen molar-refractivity contribution in [3.05, 3.63) is 35.9 Å². The summed E-state index contributed by atoms with van der Waals surface area (Å²) in [6.45, 7) is 3.14. The zero-order chi connectivity index (χ0) is 13.6. The molecule has 2 rings (SSSR count). The lowest BCUT2D eigenvalue weighted by Gasteiger charge is -2.40. The standard InChI is InChI=1S/C13H12F3NO/c1-12(2)8-7-9-5-3-4-6-10(9)17(12)11(18)13(14,15)16/h3-8H,1-2H3. The largest absolute Gasteiger partial charge is 0.471 e. The summed E-state index contributed by atoms with van der Waals surface area (Å²) in [5, 5.41) is 0. The second-order valence-electron chi connectivity index (χ2n) is 4.68. The predicted octanol–water partition coefficient (Wildman–Crippen LogP) is 3.39. The van der Waals surface area contributed by atoms with Crippen molar-refractivity contribution < 1.29 is 18.0 Å². The predicted molar refractivity (Wildman–Crippen MR) is 63.1 cm³/mol. The third-order valence-corrected chi connectivity index (χ3v) is 2.87. The number of hydrogen-bond acceptors (Lipinski definition) is 1. The van der Waals surface area contributed by atoms with Crippen LogP contribution < -0.4 is 4.90 Å². The third-order valence-electron chi connectivity index (χ3n) is 2.87. The van der Waals surface area contributed by atoms with Gasteiger partial charge in [-0.05, 0) is 25.5 Å². The van der Waals surface area contributed by atoms with E-state index in [2.05, 4.69) is 0 Å². The van der Waals surface area contributed by atoms with Gasteiger partial charge in [-0.1, -0.05) is 30.4 Å². The van der Waals surface area contributed by atoms with Gasteiger partial charge in [0.25, 0.3) is 0 Å². The molecule has 1 amide bonds. The maximum absolute atomic E-state index is 12.7. The molecule has 0 saturated carbocycles. The van der Waals surface area contributed by atoms with E-state index in [1.165, 1.54) is 6.07 Å². The van der Waals surface area contributed by atoms with Crippen molar-refractivity contribution in [2.75, 3.05) is 4.90 Å². The second-order valence-corrected chi connectivity index (χ2v) is 4.68. The Bertz CT molecular complexity index is 517. The fraction of sp³-hybridized carbons (Fsp3) is 0.308. The lowest BCUT2D eigenvalue weighted by atomic mass is 9.93. The maximum Gasteiger partial charge on any atom is 0.471 e. The number of hydrogen-bond donors (Lipinski definition) is 0. The Morgan fingerprint density at radius 1 is 1.22 bits per heavy atom. The lowest BCUT2D eigenvalue weighted by molar-refractivity contribution is -0.171. The van der Waals surface area contributed by atoms with Gasteiger partial charge in [0.2, 0.25) is 0 Å². The van der Waals surface area contributed by atoms with E-state index in [4.69, 9.17) is 0 Å². The average Bonchev–Trinajstić information content (AvgIpc) is 2.26. The van der Waals surface area contributed by atoms with E-state index in [9.17, 15) is 18.0 Å². The van der Waals surface area contributed by atoms with Gasteiger partial charge in [0.05, 0.1) is 11.2 Å². The molecule has 0 bridgehead atoms. The highest BCUT2D eigenvalue weighted by molar-refractivity contribution is 6.01. The number of alkyl halides is 3. The van der Waals surface area contributed by atoms with Crippen LogP contribution >= 0.6 is 0 Å². The van der Waals surface area contributed by atoms with Crippen LogP contribution in [0.2, 0.25) is 0 Å². The van der Waals surface area contributed by atoms with E-state index in [0.717, 1.165) is 4.90 Å². The summed E-state index contributed by atoms with van der Waals surface area (Å²) in [6, 6.07) is 6.53. The molecule has 0 N–H and O–H groups in total. The van der Waals surface area contributed by atoms with Crippen molar-refractivity contribution in [1.82, 2.24) is 0 Å². The highest BCUT2D eigenvalue weighted by atomic mass is 19.4. The van der Waals surface area contributed by atoms with Gasteiger partial charge in [0.1, 0.15) is 0 Å². The minimum Gasteiger partial charge on any atom is -0.295 e. The van der Waals surface area contributed by atoms with E-state index in [0.29, 0.717) is 5.56 Å². The average molecular weight is 255 g/mol. The van der Waals surface area contributed by atoms with Crippen molar-refractivity contribution >= 4 is 17.7 Å². The Hall–Kier alpha value is -1.78. The van der Waals surface area contributed by atoms with Crippen molar-refractivity contribution in [2.45, 2.75) is 25.6 Å². The topological polar surface area (TPSA) is 20.3 Å². The van der Waals surface area contributed by atoms with Crippen LogP contribution in [-0.2, 0) is 4.79 Å². The van der Waals surface area contributed by atoms with Gasteiger partial charge in [0, 0.05) is 0 Å². The van der Waals surface area contributed by atoms with Crippen LogP contribution in [0.5, 0.6) is 0 Å².